The molecule has 0 saturated heterocycles. The molecular weight excluding hydrogens is 322 g/mol. The minimum Gasteiger partial charge on any atom is -0.438 e. The third-order valence-corrected chi connectivity index (χ3v) is 3.31. The fourth-order valence-electron chi connectivity index (χ4n) is 1.61. The summed E-state index contributed by atoms with van der Waals surface area (Å²) in [6.07, 6.45) is 2.46. The van der Waals surface area contributed by atoms with Gasteiger partial charge >= 0.3 is 0 Å². The van der Waals surface area contributed by atoms with Crippen LogP contribution in [0.25, 0.3) is 0 Å². The van der Waals surface area contributed by atoms with Gasteiger partial charge < -0.3 is 15.2 Å². The van der Waals surface area contributed by atoms with E-state index in [-0.39, 0.29) is 6.61 Å². The summed E-state index contributed by atoms with van der Waals surface area (Å²) in [7, 11) is 0. The van der Waals surface area contributed by atoms with Crippen molar-refractivity contribution in [3.05, 3.63) is 40.6 Å². The van der Waals surface area contributed by atoms with Crippen LogP contribution in [0.5, 0.6) is 11.6 Å². The van der Waals surface area contributed by atoms with E-state index in [2.05, 4.69) is 38.1 Å². The van der Waals surface area contributed by atoms with Gasteiger partial charge in [0.1, 0.15) is 22.4 Å². The Morgan fingerprint density at radius 2 is 2.20 bits per heavy atom. The Hall–Kier alpha value is -1.66. The maximum Gasteiger partial charge on any atom is 0.238 e. The summed E-state index contributed by atoms with van der Waals surface area (Å²) < 4.78 is 6.41. The first-order chi connectivity index (χ1) is 9.74. The Morgan fingerprint density at radius 3 is 2.95 bits per heavy atom. The van der Waals surface area contributed by atoms with Crippen molar-refractivity contribution in [2.45, 2.75) is 20.0 Å². The minimum atomic E-state index is -0.0224. The summed E-state index contributed by atoms with van der Waals surface area (Å²) in [4.78, 5) is 8.28. The Morgan fingerprint density at radius 1 is 1.35 bits per heavy atom. The molecular formula is C14H16BrN3O2. The molecule has 2 N–H and O–H groups in total. The van der Waals surface area contributed by atoms with Crippen LogP contribution < -0.4 is 10.1 Å². The first-order valence-corrected chi connectivity index (χ1v) is 7.16. The van der Waals surface area contributed by atoms with E-state index in [1.165, 1.54) is 6.33 Å². The van der Waals surface area contributed by atoms with Crippen molar-refractivity contribution < 1.29 is 9.84 Å². The van der Waals surface area contributed by atoms with E-state index in [0.29, 0.717) is 21.9 Å². The topological polar surface area (TPSA) is 67.3 Å². The molecule has 20 heavy (non-hydrogen) atoms. The van der Waals surface area contributed by atoms with Gasteiger partial charge in [-0.1, -0.05) is 19.1 Å². The van der Waals surface area contributed by atoms with Crippen LogP contribution in [0.15, 0.2) is 35.1 Å². The maximum absolute atomic E-state index is 9.12. The van der Waals surface area contributed by atoms with Gasteiger partial charge in [-0.05, 0) is 40.0 Å². The van der Waals surface area contributed by atoms with Gasteiger partial charge in [0.2, 0.25) is 5.88 Å². The quantitative estimate of drug-likeness (QED) is 0.846. The van der Waals surface area contributed by atoms with Crippen molar-refractivity contribution in [3.63, 3.8) is 0 Å². The number of aliphatic hydroxyl groups is 1. The van der Waals surface area contributed by atoms with Crippen LogP contribution in [0.1, 0.15) is 18.9 Å². The standard InChI is InChI=1S/C14H16BrN3O2/c1-2-6-16-13-12(15)14(18-9-17-13)20-11-5-3-4-10(7-11)8-19/h3-5,7,9,19H,2,6,8H2,1H3,(H,16,17,18). The van der Waals surface area contributed by atoms with E-state index >= 15 is 0 Å². The number of hydrogen-bond donors (Lipinski definition) is 2. The lowest BCUT2D eigenvalue weighted by atomic mass is 10.2. The lowest BCUT2D eigenvalue weighted by molar-refractivity contribution is 0.281. The molecule has 1 heterocycles. The van der Waals surface area contributed by atoms with Crippen LogP contribution in [-0.2, 0) is 6.61 Å². The van der Waals surface area contributed by atoms with Crippen LogP contribution >= 0.6 is 15.9 Å². The number of halogens is 1. The van der Waals surface area contributed by atoms with Crippen LogP contribution in [0.2, 0.25) is 0 Å². The van der Waals surface area contributed by atoms with Crippen molar-refractivity contribution in [1.82, 2.24) is 9.97 Å². The van der Waals surface area contributed by atoms with E-state index in [0.717, 1.165) is 18.5 Å². The Labute approximate surface area is 126 Å². The van der Waals surface area contributed by atoms with Crippen LogP contribution in [0.3, 0.4) is 0 Å². The average Bonchev–Trinajstić information content (AvgIpc) is 2.48. The second-order valence-electron chi connectivity index (χ2n) is 4.18. The second-order valence-corrected chi connectivity index (χ2v) is 4.97. The van der Waals surface area contributed by atoms with Crippen molar-refractivity contribution in [1.29, 1.82) is 0 Å². The molecule has 1 aromatic heterocycles. The Bertz CT molecular complexity index is 578. The van der Waals surface area contributed by atoms with E-state index in [4.69, 9.17) is 9.84 Å². The molecule has 0 unspecified atom stereocenters. The largest absolute Gasteiger partial charge is 0.438 e. The van der Waals surface area contributed by atoms with Crippen molar-refractivity contribution in [3.8, 4) is 11.6 Å². The van der Waals surface area contributed by atoms with Crippen LogP contribution in [0.4, 0.5) is 5.82 Å². The Balaban J connectivity index is 2.20. The van der Waals surface area contributed by atoms with Gasteiger partial charge in [0.25, 0.3) is 0 Å². The summed E-state index contributed by atoms with van der Waals surface area (Å²) in [6.45, 7) is 2.89. The molecule has 0 aliphatic carbocycles. The van der Waals surface area contributed by atoms with E-state index < -0.39 is 0 Å². The molecule has 1 aromatic carbocycles. The molecule has 0 atom stereocenters. The molecule has 0 aliphatic rings. The van der Waals surface area contributed by atoms with E-state index in [1.54, 1.807) is 6.07 Å². The molecule has 2 rings (SSSR count). The predicted octanol–water partition coefficient (Wildman–Crippen LogP) is 3.35. The molecule has 0 amide bonds. The number of nitrogens with one attached hydrogen (secondary N) is 1. The minimum absolute atomic E-state index is 0.0224. The molecule has 0 aliphatic heterocycles. The van der Waals surface area contributed by atoms with Gasteiger partial charge in [-0.15, -0.1) is 0 Å². The molecule has 0 spiro atoms. The number of ether oxygens (including phenoxy) is 1. The first kappa shape index (κ1) is 14.7. The van der Waals surface area contributed by atoms with Crippen molar-refractivity contribution in [2.24, 2.45) is 0 Å². The zero-order chi connectivity index (χ0) is 14.4. The second kappa shape index (κ2) is 7.21. The van der Waals surface area contributed by atoms with Crippen LogP contribution in [-0.4, -0.2) is 21.6 Å². The maximum atomic E-state index is 9.12. The zero-order valence-corrected chi connectivity index (χ0v) is 12.7. The third kappa shape index (κ3) is 3.68. The van der Waals surface area contributed by atoms with E-state index in [1.807, 2.05) is 18.2 Å². The van der Waals surface area contributed by atoms with Gasteiger partial charge in [0.15, 0.2) is 0 Å². The SMILES string of the molecule is CCCNc1ncnc(Oc2cccc(CO)c2)c1Br. The third-order valence-electron chi connectivity index (χ3n) is 2.60. The summed E-state index contributed by atoms with van der Waals surface area (Å²) in [6, 6.07) is 7.24. The van der Waals surface area contributed by atoms with Gasteiger partial charge in [-0.25, -0.2) is 9.97 Å². The highest BCUT2D eigenvalue weighted by molar-refractivity contribution is 9.10. The number of rotatable bonds is 6. The molecule has 2 aromatic rings. The van der Waals surface area contributed by atoms with Crippen molar-refractivity contribution >= 4 is 21.7 Å². The lowest BCUT2D eigenvalue weighted by Gasteiger charge is -2.10. The molecule has 0 radical (unpaired) electrons. The molecule has 5 nitrogen and oxygen atoms in total. The number of hydrogen-bond acceptors (Lipinski definition) is 5. The molecule has 0 fully saturated rings. The molecule has 106 valence electrons. The summed E-state index contributed by atoms with van der Waals surface area (Å²) in [5, 5.41) is 12.3. The van der Waals surface area contributed by atoms with E-state index in [9.17, 15) is 0 Å². The predicted molar refractivity (Wildman–Crippen MR) is 81.0 cm³/mol. The summed E-state index contributed by atoms with van der Waals surface area (Å²) in [5.74, 6) is 1.77. The molecule has 0 saturated carbocycles. The van der Waals surface area contributed by atoms with Gasteiger partial charge in [-0.3, -0.25) is 0 Å². The summed E-state index contributed by atoms with van der Waals surface area (Å²) in [5.41, 5.74) is 0.789. The fourth-order valence-corrected chi connectivity index (χ4v) is 2.04. The monoisotopic (exact) mass is 337 g/mol. The highest BCUT2D eigenvalue weighted by Crippen LogP contribution is 2.32. The van der Waals surface area contributed by atoms with Gasteiger partial charge in [0.05, 0.1) is 6.61 Å². The van der Waals surface area contributed by atoms with Crippen molar-refractivity contribution in [2.75, 3.05) is 11.9 Å². The first-order valence-electron chi connectivity index (χ1n) is 6.36. The lowest BCUT2D eigenvalue weighted by Crippen LogP contribution is -2.04. The number of benzene rings is 1. The number of nitrogens with zero attached hydrogens (tertiary/aromatic N) is 2. The van der Waals surface area contributed by atoms with Gasteiger partial charge in [0, 0.05) is 6.54 Å². The fraction of sp³-hybridized carbons (Fsp3) is 0.286. The average molecular weight is 338 g/mol. The van der Waals surface area contributed by atoms with Gasteiger partial charge in [-0.2, -0.15) is 0 Å². The number of anilines is 1. The normalized spacial score (nSPS) is 10.3. The molecule has 0 bridgehead atoms. The highest BCUT2D eigenvalue weighted by atomic mass is 79.9. The molecule has 6 heteroatoms. The number of aliphatic hydroxyl groups excluding tert-OH is 1. The Kier molecular flexibility index (Phi) is 5.31. The van der Waals surface area contributed by atoms with Crippen LogP contribution in [0, 0.1) is 0 Å². The zero-order valence-electron chi connectivity index (χ0n) is 11.1. The highest BCUT2D eigenvalue weighted by Gasteiger charge is 2.10. The number of aromatic nitrogens is 2. The summed E-state index contributed by atoms with van der Waals surface area (Å²) >= 11 is 3.44. The smallest absolute Gasteiger partial charge is 0.238 e.